The monoisotopic (exact) mass is 380 g/mol. The molecule has 0 fully saturated rings. The average molecular weight is 381 g/mol. The van der Waals surface area contributed by atoms with Crippen molar-refractivity contribution < 1.29 is 18.7 Å². The topological polar surface area (TPSA) is 35.5 Å². The van der Waals surface area contributed by atoms with Crippen molar-refractivity contribution in [3.05, 3.63) is 57.8 Å². The Morgan fingerprint density at radius 1 is 1.22 bits per heavy atom. The number of carbonyl (C=O) groups is 1. The van der Waals surface area contributed by atoms with Crippen LogP contribution >= 0.6 is 15.9 Å². The number of halogens is 2. The Hall–Kier alpha value is -1.88. The number of hydrogen-bond acceptors (Lipinski definition) is 3. The van der Waals surface area contributed by atoms with Crippen molar-refractivity contribution >= 4 is 21.9 Å². The summed E-state index contributed by atoms with van der Waals surface area (Å²) < 4.78 is 24.5. The van der Waals surface area contributed by atoms with E-state index in [0.29, 0.717) is 5.75 Å². The summed E-state index contributed by atoms with van der Waals surface area (Å²) in [5, 5.41) is 0. The number of rotatable bonds is 5. The van der Waals surface area contributed by atoms with Gasteiger partial charge in [0.1, 0.15) is 17.3 Å². The molecule has 2 aromatic rings. The van der Waals surface area contributed by atoms with Crippen LogP contribution in [0.5, 0.6) is 11.5 Å². The van der Waals surface area contributed by atoms with Crippen LogP contribution < -0.4 is 9.47 Å². The van der Waals surface area contributed by atoms with E-state index >= 15 is 0 Å². The first kappa shape index (κ1) is 17.5. The van der Waals surface area contributed by atoms with Gasteiger partial charge in [-0.15, -0.1) is 0 Å². The fourth-order valence-corrected chi connectivity index (χ4v) is 2.41. The molecule has 5 heteroatoms. The van der Waals surface area contributed by atoms with Crippen molar-refractivity contribution in [2.24, 2.45) is 0 Å². The molecule has 3 nitrogen and oxygen atoms in total. The summed E-state index contributed by atoms with van der Waals surface area (Å²) in [6.45, 7) is 5.86. The van der Waals surface area contributed by atoms with Gasteiger partial charge in [-0.25, -0.2) is 9.18 Å². The lowest BCUT2D eigenvalue weighted by atomic mass is 10.0. The number of esters is 1. The molecule has 0 aliphatic rings. The summed E-state index contributed by atoms with van der Waals surface area (Å²) in [5.41, 5.74) is 2.04. The molecule has 0 unspecified atom stereocenters. The Labute approximate surface area is 143 Å². The third-order valence-electron chi connectivity index (χ3n) is 3.30. The van der Waals surface area contributed by atoms with Gasteiger partial charge in [0.05, 0.1) is 0 Å². The SMILES string of the molecule is Cc1cc(OCC(=O)Oc2ccc(F)cc2)c(C(C)C)cc1Br. The second kappa shape index (κ2) is 7.59. The average Bonchev–Trinajstić information content (AvgIpc) is 2.50. The predicted molar refractivity (Wildman–Crippen MR) is 90.5 cm³/mol. The number of ether oxygens (including phenoxy) is 2. The zero-order valence-corrected chi connectivity index (χ0v) is 14.8. The van der Waals surface area contributed by atoms with E-state index in [1.54, 1.807) is 0 Å². The molecule has 0 radical (unpaired) electrons. The highest BCUT2D eigenvalue weighted by molar-refractivity contribution is 9.10. The van der Waals surface area contributed by atoms with Crippen LogP contribution in [0.1, 0.15) is 30.9 Å². The lowest BCUT2D eigenvalue weighted by Gasteiger charge is -2.15. The normalized spacial score (nSPS) is 10.7. The van der Waals surface area contributed by atoms with Crippen LogP contribution in [0.2, 0.25) is 0 Å². The minimum Gasteiger partial charge on any atom is -0.482 e. The first-order chi connectivity index (χ1) is 10.9. The number of carbonyl (C=O) groups excluding carboxylic acids is 1. The molecule has 0 saturated heterocycles. The lowest BCUT2D eigenvalue weighted by molar-refractivity contribution is -0.136. The molecular formula is C18H18BrFO3. The van der Waals surface area contributed by atoms with Crippen molar-refractivity contribution in [2.75, 3.05) is 6.61 Å². The van der Waals surface area contributed by atoms with Crippen LogP contribution in [0.4, 0.5) is 4.39 Å². The molecule has 0 N–H and O–H groups in total. The molecular weight excluding hydrogens is 363 g/mol. The Bertz CT molecular complexity index is 696. The van der Waals surface area contributed by atoms with Crippen molar-refractivity contribution in [1.82, 2.24) is 0 Å². The van der Waals surface area contributed by atoms with Crippen molar-refractivity contribution in [2.45, 2.75) is 26.7 Å². The molecule has 0 heterocycles. The molecule has 0 spiro atoms. The maximum atomic E-state index is 12.8. The zero-order valence-electron chi connectivity index (χ0n) is 13.2. The van der Waals surface area contributed by atoms with Gasteiger partial charge in [0.2, 0.25) is 0 Å². The van der Waals surface area contributed by atoms with E-state index in [9.17, 15) is 9.18 Å². The maximum absolute atomic E-state index is 12.8. The van der Waals surface area contributed by atoms with E-state index in [-0.39, 0.29) is 24.1 Å². The first-order valence-corrected chi connectivity index (χ1v) is 8.05. The van der Waals surface area contributed by atoms with Gasteiger partial charge in [0.15, 0.2) is 6.61 Å². The number of benzene rings is 2. The first-order valence-electron chi connectivity index (χ1n) is 7.26. The van der Waals surface area contributed by atoms with E-state index in [2.05, 4.69) is 29.8 Å². The third-order valence-corrected chi connectivity index (χ3v) is 4.16. The van der Waals surface area contributed by atoms with Gasteiger partial charge in [-0.05, 0) is 60.4 Å². The van der Waals surface area contributed by atoms with E-state index in [4.69, 9.17) is 9.47 Å². The summed E-state index contributed by atoms with van der Waals surface area (Å²) in [5.74, 6) is 0.294. The fourth-order valence-electron chi connectivity index (χ4n) is 2.05. The van der Waals surface area contributed by atoms with Crippen molar-refractivity contribution in [3.8, 4) is 11.5 Å². The van der Waals surface area contributed by atoms with E-state index in [0.717, 1.165) is 15.6 Å². The van der Waals surface area contributed by atoms with Crippen molar-refractivity contribution in [3.63, 3.8) is 0 Å². The third kappa shape index (κ3) is 4.79. The van der Waals surface area contributed by atoms with Gasteiger partial charge in [-0.2, -0.15) is 0 Å². The summed E-state index contributed by atoms with van der Waals surface area (Å²) in [6.07, 6.45) is 0. The van der Waals surface area contributed by atoms with Gasteiger partial charge in [-0.1, -0.05) is 29.8 Å². The minimum atomic E-state index is -0.535. The fraction of sp³-hybridized carbons (Fsp3) is 0.278. The highest BCUT2D eigenvalue weighted by atomic mass is 79.9. The van der Waals surface area contributed by atoms with Gasteiger partial charge >= 0.3 is 5.97 Å². The molecule has 2 rings (SSSR count). The van der Waals surface area contributed by atoms with Gasteiger partial charge in [0.25, 0.3) is 0 Å². The van der Waals surface area contributed by atoms with Gasteiger partial charge in [0, 0.05) is 4.47 Å². The zero-order chi connectivity index (χ0) is 17.0. The smallest absolute Gasteiger partial charge is 0.349 e. The van der Waals surface area contributed by atoms with E-state index in [1.807, 2.05) is 19.1 Å². The maximum Gasteiger partial charge on any atom is 0.349 e. The Balaban J connectivity index is 2.04. The number of aryl methyl sites for hydroxylation is 1. The second-order valence-electron chi connectivity index (χ2n) is 5.51. The largest absolute Gasteiger partial charge is 0.482 e. The molecule has 0 amide bonds. The molecule has 0 aliphatic heterocycles. The van der Waals surface area contributed by atoms with Gasteiger partial charge < -0.3 is 9.47 Å². The van der Waals surface area contributed by atoms with E-state index in [1.165, 1.54) is 24.3 Å². The molecule has 2 aromatic carbocycles. The summed E-state index contributed by atoms with van der Waals surface area (Å²) in [6, 6.07) is 9.16. The van der Waals surface area contributed by atoms with Crippen LogP contribution in [-0.4, -0.2) is 12.6 Å². The van der Waals surface area contributed by atoms with Crippen LogP contribution in [0.3, 0.4) is 0 Å². The summed E-state index contributed by atoms with van der Waals surface area (Å²) in [4.78, 5) is 11.9. The van der Waals surface area contributed by atoms with Crippen molar-refractivity contribution in [1.29, 1.82) is 0 Å². The van der Waals surface area contributed by atoms with Crippen LogP contribution in [0.15, 0.2) is 40.9 Å². The molecule has 0 atom stereocenters. The Morgan fingerprint density at radius 2 is 1.87 bits per heavy atom. The summed E-state index contributed by atoms with van der Waals surface area (Å²) >= 11 is 3.50. The molecule has 23 heavy (non-hydrogen) atoms. The Kier molecular flexibility index (Phi) is 5.77. The van der Waals surface area contributed by atoms with Gasteiger partial charge in [-0.3, -0.25) is 0 Å². The highest BCUT2D eigenvalue weighted by Gasteiger charge is 2.13. The molecule has 0 bridgehead atoms. The molecule has 122 valence electrons. The lowest BCUT2D eigenvalue weighted by Crippen LogP contribution is -2.18. The molecule has 0 saturated carbocycles. The van der Waals surface area contributed by atoms with Crippen LogP contribution in [0.25, 0.3) is 0 Å². The van der Waals surface area contributed by atoms with Crippen LogP contribution in [-0.2, 0) is 4.79 Å². The van der Waals surface area contributed by atoms with E-state index < -0.39 is 5.97 Å². The standard InChI is InChI=1S/C18H18BrFO3/c1-11(2)15-9-16(19)12(3)8-17(15)22-10-18(21)23-14-6-4-13(20)5-7-14/h4-9,11H,10H2,1-3H3. The highest BCUT2D eigenvalue weighted by Crippen LogP contribution is 2.32. The predicted octanol–water partition coefficient (Wildman–Crippen LogP) is 5.00. The number of hydrogen-bond donors (Lipinski definition) is 0. The van der Waals surface area contributed by atoms with Crippen LogP contribution in [0, 0.1) is 12.7 Å². The molecule has 0 aromatic heterocycles. The second-order valence-corrected chi connectivity index (χ2v) is 6.36. The molecule has 0 aliphatic carbocycles. The quantitative estimate of drug-likeness (QED) is 0.540. The summed E-state index contributed by atoms with van der Waals surface area (Å²) in [7, 11) is 0. The Morgan fingerprint density at radius 3 is 2.48 bits per heavy atom. The minimum absolute atomic E-state index is 0.210.